The van der Waals surface area contributed by atoms with E-state index in [1.54, 1.807) is 0 Å². The molecule has 0 saturated heterocycles. The van der Waals surface area contributed by atoms with Gasteiger partial charge in [-0.15, -0.1) is 0 Å². The Morgan fingerprint density at radius 3 is 2.31 bits per heavy atom. The maximum absolute atomic E-state index is 12.6. The van der Waals surface area contributed by atoms with Gasteiger partial charge in [0.25, 0.3) is 0 Å². The van der Waals surface area contributed by atoms with E-state index in [4.69, 9.17) is 4.74 Å². The molecule has 4 fully saturated rings. The number of fused-ring (bicyclic) bond motifs is 5. The number of rotatable bonds is 12. The number of nitrogens with zero attached hydrogens (tertiary/aromatic N) is 1. The Morgan fingerprint density at radius 2 is 1.62 bits per heavy atom. The lowest BCUT2D eigenvalue weighted by molar-refractivity contribution is -0.145. The number of likely N-dealkylation sites (N-methyl/N-ethyl adjacent to an activating group) is 1. The normalized spacial score (nSPS) is 38.7. The van der Waals surface area contributed by atoms with Gasteiger partial charge in [0.05, 0.1) is 6.61 Å². The average molecular weight is 542 g/mol. The van der Waals surface area contributed by atoms with E-state index in [1.807, 2.05) is 0 Å². The zero-order chi connectivity index (χ0) is 28.4. The lowest BCUT2D eigenvalue weighted by atomic mass is 9.44. The Hall–Kier alpha value is -0.830. The molecule has 0 N–H and O–H groups in total. The summed E-state index contributed by atoms with van der Waals surface area (Å²) >= 11 is 0. The number of carbonyl (C=O) groups is 1. The molecule has 4 saturated carbocycles. The first kappa shape index (κ1) is 31.1. The highest BCUT2D eigenvalue weighted by molar-refractivity contribution is 5.88. The zero-order valence-corrected chi connectivity index (χ0v) is 26.9. The lowest BCUT2D eigenvalue weighted by Crippen LogP contribution is -2.54. The second-order valence-corrected chi connectivity index (χ2v) is 15.5. The fourth-order valence-electron chi connectivity index (χ4n) is 10.6. The van der Waals surface area contributed by atoms with Crippen LogP contribution in [0.5, 0.6) is 0 Å². The summed E-state index contributed by atoms with van der Waals surface area (Å²) in [6.07, 6.45) is 16.8. The van der Waals surface area contributed by atoms with E-state index < -0.39 is 0 Å². The molecule has 0 radical (unpaired) electrons. The minimum Gasteiger partial charge on any atom is -0.462 e. The molecule has 39 heavy (non-hydrogen) atoms. The molecule has 4 aliphatic rings. The maximum atomic E-state index is 12.6. The molecule has 0 bridgehead atoms. The van der Waals surface area contributed by atoms with Gasteiger partial charge in [0.15, 0.2) is 0 Å². The quantitative estimate of drug-likeness (QED) is 0.182. The van der Waals surface area contributed by atoms with Crippen LogP contribution in [0.4, 0.5) is 0 Å². The molecule has 9 atom stereocenters. The fraction of sp³-hybridized carbons (Fsp3) is 0.917. The number of hydrogen-bond donors (Lipinski definition) is 0. The topological polar surface area (TPSA) is 29.5 Å². The predicted molar refractivity (Wildman–Crippen MR) is 164 cm³/mol. The van der Waals surface area contributed by atoms with Crippen LogP contribution in [0.25, 0.3) is 0 Å². The number of esters is 1. The van der Waals surface area contributed by atoms with Crippen molar-refractivity contribution in [3.05, 3.63) is 12.2 Å². The minimum absolute atomic E-state index is 0.181. The van der Waals surface area contributed by atoms with Gasteiger partial charge >= 0.3 is 5.97 Å². The predicted octanol–water partition coefficient (Wildman–Crippen LogP) is 9.17. The molecule has 0 amide bonds. The first-order chi connectivity index (χ1) is 18.5. The van der Waals surface area contributed by atoms with Crippen molar-refractivity contribution in [2.75, 3.05) is 26.2 Å². The molecule has 4 rings (SSSR count). The summed E-state index contributed by atoms with van der Waals surface area (Å²) < 4.78 is 5.83. The zero-order valence-electron chi connectivity index (χ0n) is 26.9. The molecule has 0 heterocycles. The first-order valence-corrected chi connectivity index (χ1v) is 17.1. The van der Waals surface area contributed by atoms with Crippen LogP contribution in [-0.4, -0.2) is 37.1 Å². The van der Waals surface area contributed by atoms with E-state index in [0.29, 0.717) is 35.5 Å². The molecule has 3 heteroatoms. The summed E-state index contributed by atoms with van der Waals surface area (Å²) in [6, 6.07) is 0. The van der Waals surface area contributed by atoms with E-state index >= 15 is 0 Å². The van der Waals surface area contributed by atoms with Crippen molar-refractivity contribution in [1.82, 2.24) is 4.90 Å². The highest BCUT2D eigenvalue weighted by atomic mass is 16.5. The van der Waals surface area contributed by atoms with Gasteiger partial charge in [-0.2, -0.15) is 0 Å². The molecule has 4 unspecified atom stereocenters. The Morgan fingerprint density at radius 1 is 0.923 bits per heavy atom. The van der Waals surface area contributed by atoms with Gasteiger partial charge in [-0.1, -0.05) is 74.3 Å². The molecular formula is C36H63NO2. The summed E-state index contributed by atoms with van der Waals surface area (Å²) in [5.74, 6) is 6.67. The van der Waals surface area contributed by atoms with Gasteiger partial charge in [-0.25, -0.2) is 4.79 Å². The third-order valence-electron chi connectivity index (χ3n) is 13.0. The smallest absolute Gasteiger partial charge is 0.334 e. The van der Waals surface area contributed by atoms with Crippen molar-refractivity contribution < 1.29 is 9.53 Å². The summed E-state index contributed by atoms with van der Waals surface area (Å²) in [7, 11) is 0. The standard InChI is InChI=1S/C36H63NO2/c1-9-37(10-2)23-27(6)34(38)39-24-28-18-20-35(7)29(22-28)14-15-30-32-17-16-31(26(5)13-11-12-25(3)4)36(32,8)21-19-33(30)35/h25-26,28-33H,6,9-24H2,1-5,7-8H3/t26-,28+,29?,30?,31-,32?,33?,35+,36-/m1/s1. The SMILES string of the molecule is C=C(CN(CC)CC)C(=O)OC[C@H]1CC[C@@]2(C)C(CCC3C2CC[C@@]2(C)C3CC[C@@H]2[C@H](C)CCCC(C)C)C1. The van der Waals surface area contributed by atoms with Gasteiger partial charge in [-0.3, -0.25) is 4.90 Å². The van der Waals surface area contributed by atoms with Crippen molar-refractivity contribution in [1.29, 1.82) is 0 Å². The van der Waals surface area contributed by atoms with Crippen LogP contribution in [0, 0.1) is 58.2 Å². The lowest BCUT2D eigenvalue weighted by Gasteiger charge is -2.61. The van der Waals surface area contributed by atoms with Crippen molar-refractivity contribution in [3.8, 4) is 0 Å². The molecule has 0 spiro atoms. The van der Waals surface area contributed by atoms with Crippen LogP contribution < -0.4 is 0 Å². The molecule has 0 aliphatic heterocycles. The monoisotopic (exact) mass is 541 g/mol. The first-order valence-electron chi connectivity index (χ1n) is 17.1. The summed E-state index contributed by atoms with van der Waals surface area (Å²) in [5.41, 5.74) is 1.69. The highest BCUT2D eigenvalue weighted by Gasteiger charge is 2.60. The Balaban J connectivity index is 1.32. The van der Waals surface area contributed by atoms with Gasteiger partial charge in [-0.05, 0) is 129 Å². The second kappa shape index (κ2) is 13.0. The van der Waals surface area contributed by atoms with Crippen LogP contribution in [-0.2, 0) is 9.53 Å². The molecule has 4 aliphatic carbocycles. The summed E-state index contributed by atoms with van der Waals surface area (Å²) in [4.78, 5) is 14.9. The van der Waals surface area contributed by atoms with Gasteiger partial charge in [0.2, 0.25) is 0 Å². The third kappa shape index (κ3) is 6.49. The number of carbonyl (C=O) groups excluding carboxylic acids is 1. The maximum Gasteiger partial charge on any atom is 0.334 e. The highest BCUT2D eigenvalue weighted by Crippen LogP contribution is 2.68. The molecular weight excluding hydrogens is 478 g/mol. The van der Waals surface area contributed by atoms with Crippen LogP contribution in [0.3, 0.4) is 0 Å². The molecule has 0 aromatic rings. The second-order valence-electron chi connectivity index (χ2n) is 15.5. The Bertz CT molecular complexity index is 832. The largest absolute Gasteiger partial charge is 0.462 e. The van der Waals surface area contributed by atoms with Crippen molar-refractivity contribution >= 4 is 5.97 Å². The van der Waals surface area contributed by atoms with E-state index in [0.717, 1.165) is 54.5 Å². The van der Waals surface area contributed by atoms with Crippen LogP contribution in [0.2, 0.25) is 0 Å². The number of hydrogen-bond acceptors (Lipinski definition) is 3. The van der Waals surface area contributed by atoms with Gasteiger partial charge in [0.1, 0.15) is 0 Å². The fourth-order valence-corrected chi connectivity index (χ4v) is 10.6. The Kier molecular flexibility index (Phi) is 10.4. The van der Waals surface area contributed by atoms with Crippen molar-refractivity contribution in [3.63, 3.8) is 0 Å². The summed E-state index contributed by atoms with van der Waals surface area (Å²) in [5, 5.41) is 0. The van der Waals surface area contributed by atoms with E-state index in [-0.39, 0.29) is 5.97 Å². The average Bonchev–Trinajstić information content (AvgIpc) is 3.27. The van der Waals surface area contributed by atoms with Crippen LogP contribution >= 0.6 is 0 Å². The van der Waals surface area contributed by atoms with Crippen molar-refractivity contribution in [2.24, 2.45) is 58.2 Å². The van der Waals surface area contributed by atoms with Gasteiger partial charge < -0.3 is 4.74 Å². The van der Waals surface area contributed by atoms with Gasteiger partial charge in [0, 0.05) is 12.1 Å². The molecule has 0 aromatic heterocycles. The van der Waals surface area contributed by atoms with E-state index in [1.165, 1.54) is 77.0 Å². The van der Waals surface area contributed by atoms with Crippen LogP contribution in [0.1, 0.15) is 126 Å². The number of ether oxygens (including phenoxy) is 1. The van der Waals surface area contributed by atoms with E-state index in [9.17, 15) is 4.79 Å². The van der Waals surface area contributed by atoms with E-state index in [2.05, 4.69) is 59.9 Å². The molecule has 224 valence electrons. The summed E-state index contributed by atoms with van der Waals surface area (Å²) in [6.45, 7) is 24.1. The molecule has 0 aromatic carbocycles. The van der Waals surface area contributed by atoms with Crippen molar-refractivity contribution in [2.45, 2.75) is 126 Å². The van der Waals surface area contributed by atoms with Crippen LogP contribution in [0.15, 0.2) is 12.2 Å². The Labute approximate surface area is 242 Å². The minimum atomic E-state index is -0.181. The third-order valence-corrected chi connectivity index (χ3v) is 13.0. The molecule has 3 nitrogen and oxygen atoms in total.